The van der Waals surface area contributed by atoms with Crippen molar-refractivity contribution >= 4 is 19.3 Å². The van der Waals surface area contributed by atoms with Crippen molar-refractivity contribution in [2.75, 3.05) is 14.1 Å². The van der Waals surface area contributed by atoms with E-state index in [-0.39, 0.29) is 0 Å². The standard InChI is InChI=1S/C8H18ClNSi/c1-4-5-6-7-8-11(9)10(2)3/h7-8,11H,4-6H2,1-3H3. The Morgan fingerprint density at radius 2 is 2.09 bits per heavy atom. The Morgan fingerprint density at radius 1 is 1.45 bits per heavy atom. The molecule has 0 radical (unpaired) electrons. The molecule has 1 unspecified atom stereocenters. The van der Waals surface area contributed by atoms with Crippen LogP contribution in [0.4, 0.5) is 0 Å². The van der Waals surface area contributed by atoms with E-state index in [9.17, 15) is 0 Å². The zero-order valence-electron chi connectivity index (χ0n) is 7.68. The number of rotatable bonds is 5. The van der Waals surface area contributed by atoms with Crippen molar-refractivity contribution < 1.29 is 0 Å². The van der Waals surface area contributed by atoms with Crippen LogP contribution in [-0.4, -0.2) is 26.9 Å². The lowest BCUT2D eigenvalue weighted by Crippen LogP contribution is -2.24. The Balaban J connectivity index is 3.40. The van der Waals surface area contributed by atoms with Crippen LogP contribution in [0.25, 0.3) is 0 Å². The summed E-state index contributed by atoms with van der Waals surface area (Å²) in [5.74, 6) is 0. The van der Waals surface area contributed by atoms with E-state index in [4.69, 9.17) is 11.1 Å². The Morgan fingerprint density at radius 3 is 2.55 bits per heavy atom. The first-order valence-corrected chi connectivity index (χ1v) is 7.08. The van der Waals surface area contributed by atoms with Gasteiger partial charge in [-0.3, -0.25) is 0 Å². The second-order valence-corrected chi connectivity index (χ2v) is 6.41. The average molecular weight is 192 g/mol. The Kier molecular flexibility index (Phi) is 7.02. The van der Waals surface area contributed by atoms with Gasteiger partial charge in [0.05, 0.1) is 0 Å². The molecule has 0 saturated heterocycles. The summed E-state index contributed by atoms with van der Waals surface area (Å²) < 4.78 is 2.12. The summed E-state index contributed by atoms with van der Waals surface area (Å²) in [5.41, 5.74) is 2.18. The van der Waals surface area contributed by atoms with Gasteiger partial charge in [-0.2, -0.15) is 0 Å². The molecule has 0 saturated carbocycles. The molecule has 0 rings (SSSR count). The number of hydrogen-bond acceptors (Lipinski definition) is 1. The van der Waals surface area contributed by atoms with Crippen molar-refractivity contribution in [3.63, 3.8) is 0 Å². The lowest BCUT2D eigenvalue weighted by Gasteiger charge is -2.10. The van der Waals surface area contributed by atoms with Gasteiger partial charge in [-0.1, -0.05) is 31.5 Å². The zero-order chi connectivity index (χ0) is 8.69. The SMILES string of the molecule is CCCCC=C[SiH](Cl)N(C)C. The van der Waals surface area contributed by atoms with Gasteiger partial charge in [0.25, 0.3) is 0 Å². The summed E-state index contributed by atoms with van der Waals surface area (Å²) in [7, 11) is 2.88. The highest BCUT2D eigenvalue weighted by Crippen LogP contribution is 1.99. The minimum atomic E-state index is -1.19. The average Bonchev–Trinajstić information content (AvgIpc) is 1.97. The minimum Gasteiger partial charge on any atom is -0.317 e. The van der Waals surface area contributed by atoms with Gasteiger partial charge in [-0.05, 0) is 20.5 Å². The molecular weight excluding hydrogens is 174 g/mol. The molecule has 0 amide bonds. The van der Waals surface area contributed by atoms with Crippen LogP contribution in [0.2, 0.25) is 0 Å². The summed E-state index contributed by atoms with van der Waals surface area (Å²) in [6.07, 6.45) is 5.94. The second kappa shape index (κ2) is 6.89. The number of unbranched alkanes of at least 4 members (excludes halogenated alkanes) is 2. The van der Waals surface area contributed by atoms with Crippen LogP contribution in [0.3, 0.4) is 0 Å². The first-order valence-electron chi connectivity index (χ1n) is 4.15. The fourth-order valence-corrected chi connectivity index (χ4v) is 1.77. The quantitative estimate of drug-likeness (QED) is 0.366. The van der Waals surface area contributed by atoms with Gasteiger partial charge in [0.15, 0.2) is 0 Å². The van der Waals surface area contributed by atoms with Crippen LogP contribution in [0.1, 0.15) is 26.2 Å². The smallest absolute Gasteiger partial charge is 0.237 e. The van der Waals surface area contributed by atoms with Crippen molar-refractivity contribution in [2.24, 2.45) is 0 Å². The highest BCUT2D eigenvalue weighted by Gasteiger charge is 2.02. The summed E-state index contributed by atoms with van der Waals surface area (Å²) in [6.45, 7) is 2.20. The topological polar surface area (TPSA) is 3.24 Å². The van der Waals surface area contributed by atoms with Gasteiger partial charge in [0, 0.05) is 0 Å². The molecule has 0 aromatic carbocycles. The molecule has 66 valence electrons. The third-order valence-corrected chi connectivity index (χ3v) is 4.70. The van der Waals surface area contributed by atoms with Crippen molar-refractivity contribution in [1.29, 1.82) is 0 Å². The van der Waals surface area contributed by atoms with E-state index in [1.807, 2.05) is 14.1 Å². The van der Waals surface area contributed by atoms with E-state index in [1.165, 1.54) is 19.3 Å². The van der Waals surface area contributed by atoms with Crippen LogP contribution >= 0.6 is 11.1 Å². The van der Waals surface area contributed by atoms with Crippen LogP contribution < -0.4 is 0 Å². The predicted molar refractivity (Wildman–Crippen MR) is 55.4 cm³/mol. The van der Waals surface area contributed by atoms with Crippen LogP contribution in [0.15, 0.2) is 11.8 Å². The summed E-state index contributed by atoms with van der Waals surface area (Å²) in [4.78, 5) is 0. The van der Waals surface area contributed by atoms with Crippen LogP contribution in [0.5, 0.6) is 0 Å². The van der Waals surface area contributed by atoms with Gasteiger partial charge in [0.2, 0.25) is 8.27 Å². The molecule has 0 aliphatic carbocycles. The fraction of sp³-hybridized carbons (Fsp3) is 0.750. The van der Waals surface area contributed by atoms with Gasteiger partial charge in [-0.15, -0.1) is 11.1 Å². The monoisotopic (exact) mass is 191 g/mol. The fourth-order valence-electron chi connectivity index (χ4n) is 0.703. The number of hydrogen-bond donors (Lipinski definition) is 0. The molecule has 0 aliphatic heterocycles. The normalized spacial score (nSPS) is 14.6. The van der Waals surface area contributed by atoms with E-state index in [2.05, 4.69) is 23.3 Å². The first kappa shape index (κ1) is 11.2. The first-order chi connectivity index (χ1) is 5.18. The van der Waals surface area contributed by atoms with E-state index < -0.39 is 8.27 Å². The van der Waals surface area contributed by atoms with Gasteiger partial charge >= 0.3 is 0 Å². The molecule has 0 aliphatic rings. The number of nitrogens with zero attached hydrogens (tertiary/aromatic N) is 1. The van der Waals surface area contributed by atoms with Crippen molar-refractivity contribution in [2.45, 2.75) is 26.2 Å². The summed E-state index contributed by atoms with van der Waals surface area (Å²) in [5, 5.41) is 0. The molecule has 1 atom stereocenters. The molecule has 3 heteroatoms. The van der Waals surface area contributed by atoms with E-state index in [0.717, 1.165) is 0 Å². The van der Waals surface area contributed by atoms with Crippen molar-refractivity contribution in [3.8, 4) is 0 Å². The Bertz CT molecular complexity index is 115. The molecule has 11 heavy (non-hydrogen) atoms. The molecule has 0 spiro atoms. The highest BCUT2D eigenvalue weighted by atomic mass is 35.6. The molecular formula is C8H18ClNSi. The second-order valence-electron chi connectivity index (χ2n) is 2.91. The number of allylic oxidation sites excluding steroid dienone is 1. The van der Waals surface area contributed by atoms with Crippen LogP contribution in [0, 0.1) is 0 Å². The lowest BCUT2D eigenvalue weighted by atomic mass is 10.2. The Hall–Kier alpha value is 0.207. The predicted octanol–water partition coefficient (Wildman–Crippen LogP) is 2.29. The maximum atomic E-state index is 6.07. The molecule has 0 heterocycles. The largest absolute Gasteiger partial charge is 0.317 e. The van der Waals surface area contributed by atoms with Crippen molar-refractivity contribution in [1.82, 2.24) is 4.57 Å². The van der Waals surface area contributed by atoms with Gasteiger partial charge in [0.1, 0.15) is 0 Å². The maximum Gasteiger partial charge on any atom is 0.237 e. The van der Waals surface area contributed by atoms with Crippen LogP contribution in [-0.2, 0) is 0 Å². The zero-order valence-corrected chi connectivity index (χ0v) is 9.59. The molecule has 0 bridgehead atoms. The van der Waals surface area contributed by atoms with E-state index in [1.54, 1.807) is 0 Å². The van der Waals surface area contributed by atoms with Crippen molar-refractivity contribution in [3.05, 3.63) is 11.8 Å². The van der Waals surface area contributed by atoms with E-state index in [0.29, 0.717) is 0 Å². The number of halogens is 1. The third-order valence-electron chi connectivity index (χ3n) is 1.51. The molecule has 0 aromatic heterocycles. The Labute approximate surface area is 76.4 Å². The lowest BCUT2D eigenvalue weighted by molar-refractivity contribution is 0.662. The van der Waals surface area contributed by atoms with Gasteiger partial charge < -0.3 is 4.57 Å². The summed E-state index contributed by atoms with van der Waals surface area (Å²) >= 11 is 6.07. The third kappa shape index (κ3) is 6.60. The molecule has 0 aromatic rings. The highest BCUT2D eigenvalue weighted by molar-refractivity contribution is 7.08. The van der Waals surface area contributed by atoms with E-state index >= 15 is 0 Å². The maximum absolute atomic E-state index is 6.07. The minimum absolute atomic E-state index is 1.18. The molecule has 0 N–H and O–H groups in total. The summed E-state index contributed by atoms with van der Waals surface area (Å²) in [6, 6.07) is 0. The molecule has 0 fully saturated rings. The van der Waals surface area contributed by atoms with Gasteiger partial charge in [-0.25, -0.2) is 0 Å². The molecule has 1 nitrogen and oxygen atoms in total.